The first-order chi connectivity index (χ1) is 13.3. The lowest BCUT2D eigenvalue weighted by Gasteiger charge is -2.12. The van der Waals surface area contributed by atoms with Gasteiger partial charge in [0.05, 0.1) is 6.26 Å². The number of rotatable bonds is 11. The number of ether oxygens (including phenoxy) is 1. The highest BCUT2D eigenvalue weighted by Crippen LogP contribution is 2.01. The summed E-state index contributed by atoms with van der Waals surface area (Å²) >= 11 is 0. The number of carbonyl (C=O) groups excluding carboxylic acids is 1. The second kappa shape index (κ2) is 12.5. The van der Waals surface area contributed by atoms with E-state index in [1.54, 1.807) is 13.3 Å². The summed E-state index contributed by atoms with van der Waals surface area (Å²) in [5, 5.41) is 9.24. The molecule has 0 bridgehead atoms. The van der Waals surface area contributed by atoms with Crippen LogP contribution in [0.5, 0.6) is 0 Å². The molecule has 0 unspecified atom stereocenters. The quantitative estimate of drug-likeness (QED) is 0.319. The Morgan fingerprint density at radius 3 is 2.63 bits per heavy atom. The summed E-state index contributed by atoms with van der Waals surface area (Å²) in [4.78, 5) is 16.0. The zero-order chi connectivity index (χ0) is 19.2. The standard InChI is InChI=1S/C20H28N4O3/c1-21-20(22-11-6-13-26-16-18-9-5-14-27-18)23-12-10-19(25)24-15-17-7-3-2-4-8-17/h2-5,7-9,14H,6,10-13,15-16H2,1H3,(H,24,25)(H2,21,22,23). The average molecular weight is 372 g/mol. The molecule has 7 heteroatoms. The maximum Gasteiger partial charge on any atom is 0.222 e. The highest BCUT2D eigenvalue weighted by molar-refractivity contribution is 5.81. The lowest BCUT2D eigenvalue weighted by Crippen LogP contribution is -2.39. The van der Waals surface area contributed by atoms with Crippen molar-refractivity contribution in [3.63, 3.8) is 0 Å². The van der Waals surface area contributed by atoms with Crippen LogP contribution in [0.1, 0.15) is 24.2 Å². The summed E-state index contributed by atoms with van der Waals surface area (Å²) in [7, 11) is 1.71. The van der Waals surface area contributed by atoms with Crippen LogP contribution in [0, 0.1) is 0 Å². The number of furan rings is 1. The predicted molar refractivity (Wildman–Crippen MR) is 105 cm³/mol. The SMILES string of the molecule is CN=C(NCCCOCc1ccco1)NCCC(=O)NCc1ccccc1. The second-order valence-corrected chi connectivity index (χ2v) is 5.92. The summed E-state index contributed by atoms with van der Waals surface area (Å²) in [6.45, 7) is 2.92. The van der Waals surface area contributed by atoms with E-state index in [9.17, 15) is 4.79 Å². The first-order valence-electron chi connectivity index (χ1n) is 9.13. The molecule has 27 heavy (non-hydrogen) atoms. The Bertz CT molecular complexity index is 672. The van der Waals surface area contributed by atoms with Crippen molar-refractivity contribution in [2.75, 3.05) is 26.7 Å². The molecule has 0 spiro atoms. The number of guanidine groups is 1. The highest BCUT2D eigenvalue weighted by Gasteiger charge is 2.03. The van der Waals surface area contributed by atoms with Gasteiger partial charge in [0.2, 0.25) is 5.91 Å². The average Bonchev–Trinajstić information content (AvgIpc) is 3.22. The van der Waals surface area contributed by atoms with Crippen molar-refractivity contribution in [1.29, 1.82) is 0 Å². The fourth-order valence-corrected chi connectivity index (χ4v) is 2.35. The molecule has 0 atom stereocenters. The monoisotopic (exact) mass is 372 g/mol. The second-order valence-electron chi connectivity index (χ2n) is 5.92. The molecule has 0 aliphatic rings. The summed E-state index contributed by atoms with van der Waals surface area (Å²) in [6.07, 6.45) is 2.87. The van der Waals surface area contributed by atoms with Crippen molar-refractivity contribution >= 4 is 11.9 Å². The molecule has 2 aromatic rings. The Balaban J connectivity index is 1.48. The largest absolute Gasteiger partial charge is 0.467 e. The Labute approximate surface area is 160 Å². The van der Waals surface area contributed by atoms with Crippen LogP contribution in [-0.2, 0) is 22.7 Å². The molecule has 0 radical (unpaired) electrons. The van der Waals surface area contributed by atoms with Gasteiger partial charge in [0.15, 0.2) is 5.96 Å². The third kappa shape index (κ3) is 8.91. The summed E-state index contributed by atoms with van der Waals surface area (Å²) < 4.78 is 10.7. The van der Waals surface area contributed by atoms with E-state index in [0.717, 1.165) is 24.3 Å². The maximum atomic E-state index is 11.9. The maximum absolute atomic E-state index is 11.9. The molecule has 0 fully saturated rings. The molecule has 1 aromatic carbocycles. The van der Waals surface area contributed by atoms with Crippen LogP contribution in [0.4, 0.5) is 0 Å². The number of carbonyl (C=O) groups is 1. The molecule has 0 aliphatic heterocycles. The van der Waals surface area contributed by atoms with Crippen molar-refractivity contribution in [3.8, 4) is 0 Å². The molecule has 0 saturated carbocycles. The van der Waals surface area contributed by atoms with Gasteiger partial charge < -0.3 is 25.1 Å². The Morgan fingerprint density at radius 1 is 1.07 bits per heavy atom. The Hall–Kier alpha value is -2.80. The summed E-state index contributed by atoms with van der Waals surface area (Å²) in [5.41, 5.74) is 1.09. The van der Waals surface area contributed by atoms with E-state index >= 15 is 0 Å². The molecule has 146 valence electrons. The minimum Gasteiger partial charge on any atom is -0.467 e. The van der Waals surface area contributed by atoms with Gasteiger partial charge in [-0.2, -0.15) is 0 Å². The lowest BCUT2D eigenvalue weighted by atomic mass is 10.2. The molecule has 1 amide bonds. The fourth-order valence-electron chi connectivity index (χ4n) is 2.35. The molecular formula is C20H28N4O3. The van der Waals surface area contributed by atoms with E-state index in [1.807, 2.05) is 42.5 Å². The van der Waals surface area contributed by atoms with Gasteiger partial charge in [-0.1, -0.05) is 30.3 Å². The van der Waals surface area contributed by atoms with E-state index in [4.69, 9.17) is 9.15 Å². The van der Waals surface area contributed by atoms with Gasteiger partial charge in [-0.3, -0.25) is 9.79 Å². The Kier molecular flexibility index (Phi) is 9.52. The number of benzene rings is 1. The highest BCUT2D eigenvalue weighted by atomic mass is 16.5. The first kappa shape index (κ1) is 20.5. The van der Waals surface area contributed by atoms with Crippen molar-refractivity contribution in [1.82, 2.24) is 16.0 Å². The molecule has 1 heterocycles. The zero-order valence-electron chi connectivity index (χ0n) is 15.7. The van der Waals surface area contributed by atoms with E-state index in [0.29, 0.717) is 38.7 Å². The van der Waals surface area contributed by atoms with E-state index in [-0.39, 0.29) is 5.91 Å². The predicted octanol–water partition coefficient (Wildman–Crippen LogP) is 2.06. The van der Waals surface area contributed by atoms with Gasteiger partial charge in [0.25, 0.3) is 0 Å². The number of aliphatic imine (C=N–C) groups is 1. The van der Waals surface area contributed by atoms with Gasteiger partial charge in [0, 0.05) is 39.7 Å². The van der Waals surface area contributed by atoms with Crippen LogP contribution in [-0.4, -0.2) is 38.6 Å². The van der Waals surface area contributed by atoms with Crippen molar-refractivity contribution < 1.29 is 13.9 Å². The third-order valence-electron chi connectivity index (χ3n) is 3.78. The molecule has 7 nitrogen and oxygen atoms in total. The van der Waals surface area contributed by atoms with Crippen molar-refractivity contribution in [2.45, 2.75) is 26.0 Å². The smallest absolute Gasteiger partial charge is 0.222 e. The van der Waals surface area contributed by atoms with Gasteiger partial charge in [-0.15, -0.1) is 0 Å². The van der Waals surface area contributed by atoms with Crippen LogP contribution in [0.2, 0.25) is 0 Å². The third-order valence-corrected chi connectivity index (χ3v) is 3.78. The van der Waals surface area contributed by atoms with Gasteiger partial charge in [-0.25, -0.2) is 0 Å². The number of nitrogens with zero attached hydrogens (tertiary/aromatic N) is 1. The first-order valence-corrected chi connectivity index (χ1v) is 9.13. The molecule has 3 N–H and O–H groups in total. The van der Waals surface area contributed by atoms with Crippen LogP contribution in [0.15, 0.2) is 58.1 Å². The van der Waals surface area contributed by atoms with Crippen LogP contribution in [0.25, 0.3) is 0 Å². The van der Waals surface area contributed by atoms with Crippen LogP contribution >= 0.6 is 0 Å². The minimum atomic E-state index is 0.00753. The minimum absolute atomic E-state index is 0.00753. The molecule has 0 aliphatic carbocycles. The Morgan fingerprint density at radius 2 is 1.89 bits per heavy atom. The van der Waals surface area contributed by atoms with Gasteiger partial charge in [0.1, 0.15) is 12.4 Å². The summed E-state index contributed by atoms with van der Waals surface area (Å²) in [5.74, 6) is 1.51. The molecular weight excluding hydrogens is 344 g/mol. The zero-order valence-corrected chi connectivity index (χ0v) is 15.7. The van der Waals surface area contributed by atoms with E-state index in [1.165, 1.54) is 0 Å². The molecule has 2 rings (SSSR count). The van der Waals surface area contributed by atoms with Gasteiger partial charge in [-0.05, 0) is 24.1 Å². The van der Waals surface area contributed by atoms with Crippen LogP contribution in [0.3, 0.4) is 0 Å². The number of amides is 1. The number of nitrogens with one attached hydrogen (secondary N) is 3. The fraction of sp³-hybridized carbons (Fsp3) is 0.400. The van der Waals surface area contributed by atoms with Crippen molar-refractivity contribution in [3.05, 3.63) is 60.1 Å². The van der Waals surface area contributed by atoms with E-state index in [2.05, 4.69) is 20.9 Å². The number of hydrogen-bond donors (Lipinski definition) is 3. The van der Waals surface area contributed by atoms with Crippen LogP contribution < -0.4 is 16.0 Å². The lowest BCUT2D eigenvalue weighted by molar-refractivity contribution is -0.121. The molecule has 0 saturated heterocycles. The van der Waals surface area contributed by atoms with E-state index < -0.39 is 0 Å². The molecule has 1 aromatic heterocycles. The van der Waals surface area contributed by atoms with Crippen molar-refractivity contribution in [2.24, 2.45) is 4.99 Å². The number of hydrogen-bond acceptors (Lipinski definition) is 4. The summed E-state index contributed by atoms with van der Waals surface area (Å²) in [6, 6.07) is 13.6. The van der Waals surface area contributed by atoms with Gasteiger partial charge >= 0.3 is 0 Å². The topological polar surface area (TPSA) is 87.9 Å². The normalized spacial score (nSPS) is 11.2.